The van der Waals surface area contributed by atoms with E-state index in [1.54, 1.807) is 24.3 Å². The molecule has 1 unspecified atom stereocenters. The van der Waals surface area contributed by atoms with Crippen molar-refractivity contribution in [3.05, 3.63) is 89.0 Å². The van der Waals surface area contributed by atoms with Crippen molar-refractivity contribution in [2.45, 2.75) is 6.10 Å². The van der Waals surface area contributed by atoms with Crippen LogP contribution in [0.1, 0.15) is 17.2 Å². The third-order valence-corrected chi connectivity index (χ3v) is 4.44. The summed E-state index contributed by atoms with van der Waals surface area (Å²) in [5.41, 5.74) is 1.45. The first-order valence-electron chi connectivity index (χ1n) is 8.18. The number of aliphatic hydroxyl groups excluding tert-OH is 1. The van der Waals surface area contributed by atoms with Crippen molar-refractivity contribution < 1.29 is 18.4 Å². The third-order valence-electron chi connectivity index (χ3n) is 4.19. The van der Waals surface area contributed by atoms with E-state index in [0.29, 0.717) is 21.8 Å². The number of aliphatic hydroxyl groups is 1. The fourth-order valence-electron chi connectivity index (χ4n) is 2.85. The number of rotatable bonds is 4. The Hall–Kier alpha value is -3.16. The largest absolute Gasteiger partial charge is 0.383 e. The minimum Gasteiger partial charge on any atom is -0.383 e. The van der Waals surface area contributed by atoms with Gasteiger partial charge < -0.3 is 9.63 Å². The number of nitrogens with zero attached hydrogens (tertiary/aromatic N) is 3. The fourth-order valence-corrected chi connectivity index (χ4v) is 2.98. The average molecular weight is 400 g/mol. The fraction of sp³-hybridized carbons (Fsp3) is 0.0500. The molecule has 0 saturated carbocycles. The summed E-state index contributed by atoms with van der Waals surface area (Å²) >= 11 is 5.94. The quantitative estimate of drug-likeness (QED) is 0.533. The molecule has 140 valence electrons. The molecule has 5 nitrogen and oxygen atoms in total. The minimum atomic E-state index is -1.25. The normalized spacial score (nSPS) is 12.1. The molecule has 0 aliphatic carbocycles. The highest BCUT2D eigenvalue weighted by Crippen LogP contribution is 2.39. The predicted molar refractivity (Wildman–Crippen MR) is 98.4 cm³/mol. The van der Waals surface area contributed by atoms with E-state index in [2.05, 4.69) is 15.1 Å². The number of hydrogen-bond donors (Lipinski definition) is 1. The Morgan fingerprint density at radius 2 is 1.71 bits per heavy atom. The first-order chi connectivity index (χ1) is 13.5. The van der Waals surface area contributed by atoms with Gasteiger partial charge in [-0.3, -0.25) is 0 Å². The van der Waals surface area contributed by atoms with Gasteiger partial charge >= 0.3 is 0 Å². The second-order valence-corrected chi connectivity index (χ2v) is 6.42. The zero-order valence-corrected chi connectivity index (χ0v) is 14.9. The Morgan fingerprint density at radius 1 is 1.00 bits per heavy atom. The van der Waals surface area contributed by atoms with Crippen LogP contribution in [0.3, 0.4) is 0 Å². The van der Waals surface area contributed by atoms with E-state index < -0.39 is 17.7 Å². The van der Waals surface area contributed by atoms with Crippen LogP contribution in [0.5, 0.6) is 0 Å². The number of hydrogen-bond acceptors (Lipinski definition) is 5. The average Bonchev–Trinajstić information content (AvgIpc) is 3.13. The van der Waals surface area contributed by atoms with Crippen LogP contribution >= 0.6 is 11.6 Å². The van der Waals surface area contributed by atoms with E-state index in [1.807, 2.05) is 0 Å². The van der Waals surface area contributed by atoms with Crippen LogP contribution in [0.4, 0.5) is 8.78 Å². The van der Waals surface area contributed by atoms with Crippen LogP contribution in [0.15, 0.2) is 65.7 Å². The van der Waals surface area contributed by atoms with Gasteiger partial charge in [0.05, 0.1) is 11.1 Å². The summed E-state index contributed by atoms with van der Waals surface area (Å²) in [5.74, 6) is -1.58. The Balaban J connectivity index is 1.93. The molecular weight excluding hydrogens is 388 g/mol. The van der Waals surface area contributed by atoms with Gasteiger partial charge in [-0.2, -0.15) is 0 Å². The molecule has 4 rings (SSSR count). The van der Waals surface area contributed by atoms with Crippen molar-refractivity contribution in [1.82, 2.24) is 15.1 Å². The standard InChI is InChI=1S/C20H12ClF2N3O2/c21-13-3-1-11(2-4-13)18-17(19(27)12-8-24-10-25-9-12)20(28-26-18)15-6-5-14(22)7-16(15)23/h1-10,19,27H. The zero-order valence-electron chi connectivity index (χ0n) is 14.2. The maximum Gasteiger partial charge on any atom is 0.176 e. The molecule has 8 heteroatoms. The molecule has 4 aromatic rings. The van der Waals surface area contributed by atoms with Gasteiger partial charge in [-0.1, -0.05) is 28.9 Å². The Bertz CT molecular complexity index is 1120. The highest BCUT2D eigenvalue weighted by molar-refractivity contribution is 6.30. The minimum absolute atomic E-state index is 0.0150. The van der Waals surface area contributed by atoms with E-state index in [-0.39, 0.29) is 16.9 Å². The Kier molecular flexibility index (Phi) is 4.85. The van der Waals surface area contributed by atoms with Crippen LogP contribution in [0, 0.1) is 11.6 Å². The lowest BCUT2D eigenvalue weighted by Gasteiger charge is -2.12. The topological polar surface area (TPSA) is 72.0 Å². The molecule has 0 bridgehead atoms. The van der Waals surface area contributed by atoms with Crippen LogP contribution in [-0.4, -0.2) is 20.2 Å². The summed E-state index contributed by atoms with van der Waals surface area (Å²) in [7, 11) is 0. The van der Waals surface area contributed by atoms with E-state index in [1.165, 1.54) is 24.8 Å². The predicted octanol–water partition coefficient (Wildman–Crippen LogP) is 4.81. The van der Waals surface area contributed by atoms with Gasteiger partial charge in [-0.25, -0.2) is 18.7 Å². The maximum atomic E-state index is 14.4. The summed E-state index contributed by atoms with van der Waals surface area (Å²) in [6.45, 7) is 0. The molecule has 2 heterocycles. The van der Waals surface area contributed by atoms with Crippen LogP contribution in [0.25, 0.3) is 22.6 Å². The van der Waals surface area contributed by atoms with E-state index in [4.69, 9.17) is 16.1 Å². The van der Waals surface area contributed by atoms with E-state index in [0.717, 1.165) is 12.1 Å². The third kappa shape index (κ3) is 3.37. The lowest BCUT2D eigenvalue weighted by atomic mass is 9.95. The highest BCUT2D eigenvalue weighted by Gasteiger charge is 2.28. The molecule has 0 saturated heterocycles. The van der Waals surface area contributed by atoms with Crippen LogP contribution in [-0.2, 0) is 0 Å². The van der Waals surface area contributed by atoms with Gasteiger partial charge in [-0.15, -0.1) is 0 Å². The summed E-state index contributed by atoms with van der Waals surface area (Å²) in [6, 6.07) is 9.78. The van der Waals surface area contributed by atoms with Crippen molar-refractivity contribution in [1.29, 1.82) is 0 Å². The van der Waals surface area contributed by atoms with E-state index >= 15 is 0 Å². The molecule has 0 fully saturated rings. The molecule has 1 atom stereocenters. The molecule has 0 aliphatic heterocycles. The van der Waals surface area contributed by atoms with Crippen LogP contribution in [0.2, 0.25) is 5.02 Å². The van der Waals surface area contributed by atoms with Crippen molar-refractivity contribution in [2.75, 3.05) is 0 Å². The lowest BCUT2D eigenvalue weighted by molar-refractivity contribution is 0.219. The van der Waals surface area contributed by atoms with E-state index in [9.17, 15) is 13.9 Å². The molecule has 0 aliphatic rings. The number of benzene rings is 2. The van der Waals surface area contributed by atoms with Crippen molar-refractivity contribution in [3.63, 3.8) is 0 Å². The molecular formula is C20H12ClF2N3O2. The molecule has 0 spiro atoms. The molecule has 2 aromatic heterocycles. The lowest BCUT2D eigenvalue weighted by Crippen LogP contribution is -2.04. The van der Waals surface area contributed by atoms with Gasteiger partial charge in [0.15, 0.2) is 5.76 Å². The first-order valence-corrected chi connectivity index (χ1v) is 8.56. The van der Waals surface area contributed by atoms with Gasteiger partial charge in [-0.05, 0) is 24.3 Å². The smallest absolute Gasteiger partial charge is 0.176 e. The molecule has 0 radical (unpaired) electrons. The summed E-state index contributed by atoms with van der Waals surface area (Å²) < 4.78 is 33.1. The van der Waals surface area contributed by atoms with Crippen molar-refractivity contribution in [2.24, 2.45) is 0 Å². The number of aromatic nitrogens is 3. The van der Waals surface area contributed by atoms with Gasteiger partial charge in [0.25, 0.3) is 0 Å². The van der Waals surface area contributed by atoms with Crippen molar-refractivity contribution in [3.8, 4) is 22.6 Å². The SMILES string of the molecule is OC(c1cncnc1)c1c(-c2ccc(Cl)cc2)noc1-c1ccc(F)cc1F. The molecule has 0 amide bonds. The second-order valence-electron chi connectivity index (χ2n) is 5.98. The summed E-state index contributed by atoms with van der Waals surface area (Å²) in [6.07, 6.45) is 2.93. The number of halogens is 3. The molecule has 2 aromatic carbocycles. The Morgan fingerprint density at radius 3 is 2.39 bits per heavy atom. The van der Waals surface area contributed by atoms with Gasteiger partial charge in [0, 0.05) is 34.6 Å². The highest BCUT2D eigenvalue weighted by atomic mass is 35.5. The second kappa shape index (κ2) is 7.46. The molecule has 28 heavy (non-hydrogen) atoms. The zero-order chi connectivity index (χ0) is 19.7. The van der Waals surface area contributed by atoms with Crippen molar-refractivity contribution >= 4 is 11.6 Å². The first kappa shape index (κ1) is 18.2. The molecule has 1 N–H and O–H groups in total. The van der Waals surface area contributed by atoms with Crippen LogP contribution < -0.4 is 0 Å². The monoisotopic (exact) mass is 399 g/mol. The Labute approximate surface area is 163 Å². The van der Waals surface area contributed by atoms with Gasteiger partial charge in [0.1, 0.15) is 29.8 Å². The summed E-state index contributed by atoms with van der Waals surface area (Å²) in [5, 5.41) is 15.5. The summed E-state index contributed by atoms with van der Waals surface area (Å²) in [4.78, 5) is 7.80. The maximum absolute atomic E-state index is 14.4. The van der Waals surface area contributed by atoms with Gasteiger partial charge in [0.2, 0.25) is 0 Å².